The van der Waals surface area contributed by atoms with Crippen molar-refractivity contribution < 1.29 is 0 Å². The van der Waals surface area contributed by atoms with Crippen LogP contribution in [-0.4, -0.2) is 0 Å². The van der Waals surface area contributed by atoms with E-state index < -0.39 is 0 Å². The van der Waals surface area contributed by atoms with Crippen LogP contribution in [-0.2, 0) is 0 Å². The van der Waals surface area contributed by atoms with Crippen molar-refractivity contribution in [2.75, 3.05) is 0 Å². The predicted octanol–water partition coefficient (Wildman–Crippen LogP) is 8.92. The highest BCUT2D eigenvalue weighted by molar-refractivity contribution is 5.36. The van der Waals surface area contributed by atoms with E-state index in [1.165, 1.54) is 36.0 Å². The van der Waals surface area contributed by atoms with Gasteiger partial charge in [0.2, 0.25) is 0 Å². The van der Waals surface area contributed by atoms with Gasteiger partial charge in [0.05, 0.1) is 0 Å². The van der Waals surface area contributed by atoms with Gasteiger partial charge in [0.15, 0.2) is 0 Å². The van der Waals surface area contributed by atoms with Crippen molar-refractivity contribution in [1.82, 2.24) is 0 Å². The fraction of sp³-hybridized carbons (Fsp3) is 0.680. The normalized spacial score (nSPS) is 18.8. The van der Waals surface area contributed by atoms with Crippen LogP contribution in [0.5, 0.6) is 0 Å². The molecule has 1 aliphatic carbocycles. The van der Waals surface area contributed by atoms with Gasteiger partial charge >= 0.3 is 0 Å². The molecule has 0 aromatic carbocycles. The molecule has 146 valence electrons. The summed E-state index contributed by atoms with van der Waals surface area (Å²) in [6, 6.07) is 0. The highest BCUT2D eigenvalue weighted by Gasteiger charge is 2.28. The first-order valence-corrected chi connectivity index (χ1v) is 9.35. The van der Waals surface area contributed by atoms with Gasteiger partial charge in [-0.2, -0.15) is 0 Å². The zero-order chi connectivity index (χ0) is 19.3. The third kappa shape index (κ3) is 9.88. The van der Waals surface area contributed by atoms with Crippen LogP contribution in [0.2, 0.25) is 0 Å². The summed E-state index contributed by atoms with van der Waals surface area (Å²) in [5.41, 5.74) is 7.61. The van der Waals surface area contributed by atoms with E-state index in [1.807, 2.05) is 0 Å². The monoisotopic (exact) mass is 346 g/mol. The number of hydrogen-bond donors (Lipinski definition) is 0. The fourth-order valence-corrected chi connectivity index (χ4v) is 2.40. The number of allylic oxidation sites excluding steroid dienone is 6. The van der Waals surface area contributed by atoms with E-state index in [1.54, 1.807) is 11.1 Å². The van der Waals surface area contributed by atoms with Crippen LogP contribution in [0.4, 0.5) is 0 Å². The Bertz CT molecular complexity index is 509. The Morgan fingerprint density at radius 1 is 1.00 bits per heavy atom. The molecule has 0 radical (unpaired) electrons. The molecule has 1 aliphatic rings. The molecule has 0 bridgehead atoms. The summed E-state index contributed by atoms with van der Waals surface area (Å²) < 4.78 is 0. The van der Waals surface area contributed by atoms with Gasteiger partial charge in [0, 0.05) is 0 Å². The average Bonchev–Trinajstić information content (AvgIpc) is 2.39. The molecule has 1 atom stereocenters. The lowest BCUT2D eigenvalue weighted by molar-refractivity contribution is 0.217. The Morgan fingerprint density at radius 3 is 1.76 bits per heavy atom. The van der Waals surface area contributed by atoms with Crippen molar-refractivity contribution >= 4 is 0 Å². The Balaban J connectivity index is 0. The van der Waals surface area contributed by atoms with E-state index in [9.17, 15) is 0 Å². The van der Waals surface area contributed by atoms with E-state index in [4.69, 9.17) is 0 Å². The third-order valence-electron chi connectivity index (χ3n) is 5.45. The van der Waals surface area contributed by atoms with Gasteiger partial charge in [-0.05, 0) is 74.9 Å². The maximum atomic E-state index is 4.02. The Hall–Kier alpha value is -1.04. The lowest BCUT2D eigenvalue weighted by atomic mass is 9.70. The summed E-state index contributed by atoms with van der Waals surface area (Å²) in [4.78, 5) is 0. The lowest BCUT2D eigenvalue weighted by Crippen LogP contribution is -2.23. The van der Waals surface area contributed by atoms with Crippen LogP contribution in [0.15, 0.2) is 47.1 Å². The Morgan fingerprint density at radius 2 is 1.44 bits per heavy atom. The van der Waals surface area contributed by atoms with E-state index in [2.05, 4.69) is 88.5 Å². The SMILES string of the molecule is C.C=C(C)/C(C)=C\C1=C(C)CC[C@H](C(C)(C)C)C1.C=C(C)C(C)(C)C. The zero-order valence-electron chi connectivity index (χ0n) is 18.2. The molecule has 0 fully saturated rings. The molecule has 0 saturated heterocycles. The molecule has 0 N–H and O–H groups in total. The molecular weight excluding hydrogens is 300 g/mol. The van der Waals surface area contributed by atoms with E-state index in [0.717, 1.165) is 5.92 Å². The Kier molecular flexibility index (Phi) is 10.7. The van der Waals surface area contributed by atoms with Crippen molar-refractivity contribution in [2.45, 2.75) is 95.9 Å². The molecule has 0 aromatic rings. The summed E-state index contributed by atoms with van der Waals surface area (Å²) in [7, 11) is 0. The van der Waals surface area contributed by atoms with Gasteiger partial charge in [-0.15, -0.1) is 0 Å². The second-order valence-electron chi connectivity index (χ2n) is 9.75. The van der Waals surface area contributed by atoms with Gasteiger partial charge in [-0.1, -0.05) is 84.9 Å². The van der Waals surface area contributed by atoms with Crippen LogP contribution in [0.25, 0.3) is 0 Å². The average molecular weight is 347 g/mol. The fourth-order valence-electron chi connectivity index (χ4n) is 2.40. The largest absolute Gasteiger partial charge is 0.0996 e. The minimum atomic E-state index is 0. The quantitative estimate of drug-likeness (QED) is 0.346. The highest BCUT2D eigenvalue weighted by Crippen LogP contribution is 2.40. The smallest absolute Gasteiger partial charge is 0.0178 e. The molecule has 0 spiro atoms. The van der Waals surface area contributed by atoms with Gasteiger partial charge in [0.1, 0.15) is 0 Å². The first-order chi connectivity index (χ1) is 10.7. The molecule has 0 aliphatic heterocycles. The summed E-state index contributed by atoms with van der Waals surface area (Å²) >= 11 is 0. The van der Waals surface area contributed by atoms with Crippen molar-refractivity contribution in [2.24, 2.45) is 16.7 Å². The van der Waals surface area contributed by atoms with Crippen molar-refractivity contribution in [3.8, 4) is 0 Å². The topological polar surface area (TPSA) is 0 Å². The number of hydrogen-bond acceptors (Lipinski definition) is 0. The van der Waals surface area contributed by atoms with Crippen LogP contribution < -0.4 is 0 Å². The molecule has 0 heterocycles. The molecular formula is C25H46. The summed E-state index contributed by atoms with van der Waals surface area (Å²) in [5.74, 6) is 0.815. The molecule has 0 amide bonds. The minimum absolute atomic E-state index is 0. The molecule has 0 unspecified atom stereocenters. The minimum Gasteiger partial charge on any atom is -0.0996 e. The molecule has 0 aromatic heterocycles. The van der Waals surface area contributed by atoms with E-state index in [0.29, 0.717) is 10.8 Å². The van der Waals surface area contributed by atoms with Crippen molar-refractivity contribution in [3.63, 3.8) is 0 Å². The van der Waals surface area contributed by atoms with Crippen LogP contribution in [0, 0.1) is 16.7 Å². The van der Waals surface area contributed by atoms with E-state index >= 15 is 0 Å². The third-order valence-corrected chi connectivity index (χ3v) is 5.45. The molecule has 25 heavy (non-hydrogen) atoms. The number of rotatable bonds is 2. The maximum Gasteiger partial charge on any atom is -0.0178 e. The summed E-state index contributed by atoms with van der Waals surface area (Å²) in [6.45, 7) is 30.0. The zero-order valence-corrected chi connectivity index (χ0v) is 18.2. The van der Waals surface area contributed by atoms with Crippen molar-refractivity contribution in [3.05, 3.63) is 47.1 Å². The predicted molar refractivity (Wildman–Crippen MR) is 119 cm³/mol. The molecule has 0 heteroatoms. The molecule has 0 nitrogen and oxygen atoms in total. The summed E-state index contributed by atoms with van der Waals surface area (Å²) in [6.07, 6.45) is 6.20. The van der Waals surface area contributed by atoms with Crippen LogP contribution in [0.3, 0.4) is 0 Å². The van der Waals surface area contributed by atoms with Gasteiger partial charge in [0.25, 0.3) is 0 Å². The van der Waals surface area contributed by atoms with Crippen molar-refractivity contribution in [1.29, 1.82) is 0 Å². The lowest BCUT2D eigenvalue weighted by Gasteiger charge is -2.35. The van der Waals surface area contributed by atoms with Gasteiger partial charge in [-0.25, -0.2) is 0 Å². The first-order valence-electron chi connectivity index (χ1n) is 9.35. The second kappa shape index (κ2) is 10.2. The first kappa shape index (κ1) is 26.2. The van der Waals surface area contributed by atoms with Crippen LogP contribution >= 0.6 is 0 Å². The maximum absolute atomic E-state index is 4.02. The highest BCUT2D eigenvalue weighted by atomic mass is 14.3. The van der Waals surface area contributed by atoms with Crippen LogP contribution in [0.1, 0.15) is 95.9 Å². The van der Waals surface area contributed by atoms with E-state index in [-0.39, 0.29) is 7.43 Å². The molecule has 0 saturated carbocycles. The summed E-state index contributed by atoms with van der Waals surface area (Å²) in [5, 5.41) is 0. The standard InChI is InChI=1S/C17H28.C7H14.CH4/c1-12(2)14(4)10-15-11-16(17(5,6)7)9-8-13(15)3;1-6(2)7(3,4)5;/h10,16H,1,8-9,11H2,2-7H3;1H2,2-5H3;1H4/b14-10-;;/t16-;;/m0../s1. The molecule has 1 rings (SSSR count). The van der Waals surface area contributed by atoms with Gasteiger partial charge < -0.3 is 0 Å². The van der Waals surface area contributed by atoms with Gasteiger partial charge in [-0.3, -0.25) is 0 Å². The Labute approximate surface area is 160 Å². The second-order valence-corrected chi connectivity index (χ2v) is 9.75.